The number of ether oxygens (including phenoxy) is 1. The van der Waals surface area contributed by atoms with Crippen molar-refractivity contribution in [1.29, 1.82) is 0 Å². The molecule has 0 bridgehead atoms. The maximum absolute atomic E-state index is 11.8. The van der Waals surface area contributed by atoms with E-state index < -0.39 is 0 Å². The molecule has 0 saturated carbocycles. The molecule has 1 aliphatic heterocycles. The van der Waals surface area contributed by atoms with Gasteiger partial charge < -0.3 is 20.8 Å². The number of hydrogen-bond acceptors (Lipinski definition) is 3. The molecule has 4 N–H and O–H groups in total. The number of anilines is 1. The predicted molar refractivity (Wildman–Crippen MR) is 56.5 cm³/mol. The Morgan fingerprint density at radius 1 is 1.73 bits per heavy atom. The number of aromatic amines is 1. The number of nitrogen functional groups attached to an aromatic ring is 1. The van der Waals surface area contributed by atoms with Crippen LogP contribution in [0.2, 0.25) is 0 Å². The van der Waals surface area contributed by atoms with Gasteiger partial charge >= 0.3 is 0 Å². The summed E-state index contributed by atoms with van der Waals surface area (Å²) in [5, 5.41) is 2.93. The summed E-state index contributed by atoms with van der Waals surface area (Å²) in [6, 6.07) is 1.62. The zero-order valence-electron chi connectivity index (χ0n) is 8.67. The molecule has 1 unspecified atom stereocenters. The number of carbonyl (C=O) groups is 1. The van der Waals surface area contributed by atoms with Gasteiger partial charge in [-0.25, -0.2) is 0 Å². The molecule has 0 aromatic carbocycles. The van der Waals surface area contributed by atoms with E-state index in [4.69, 9.17) is 10.5 Å². The molecule has 0 aliphatic carbocycles. The summed E-state index contributed by atoms with van der Waals surface area (Å²) in [6.45, 7) is 3.24. The van der Waals surface area contributed by atoms with Crippen LogP contribution in [-0.2, 0) is 4.74 Å². The lowest BCUT2D eigenvalue weighted by atomic mass is 10.0. The largest absolute Gasteiger partial charge is 0.397 e. The molecule has 1 aliphatic rings. The van der Waals surface area contributed by atoms with Gasteiger partial charge in [-0.2, -0.15) is 0 Å². The summed E-state index contributed by atoms with van der Waals surface area (Å²) in [6.07, 6.45) is 2.44. The van der Waals surface area contributed by atoms with E-state index >= 15 is 0 Å². The van der Waals surface area contributed by atoms with E-state index in [1.807, 2.05) is 6.92 Å². The molecule has 82 valence electrons. The van der Waals surface area contributed by atoms with Gasteiger partial charge in [-0.3, -0.25) is 4.79 Å². The topological polar surface area (TPSA) is 80.1 Å². The van der Waals surface area contributed by atoms with Crippen molar-refractivity contribution in [3.63, 3.8) is 0 Å². The summed E-state index contributed by atoms with van der Waals surface area (Å²) in [5.74, 6) is -0.139. The van der Waals surface area contributed by atoms with Crippen molar-refractivity contribution in [3.8, 4) is 0 Å². The Hall–Kier alpha value is -1.49. The van der Waals surface area contributed by atoms with Crippen LogP contribution < -0.4 is 11.1 Å². The smallest absolute Gasteiger partial charge is 0.268 e. The minimum atomic E-state index is -0.253. The first-order valence-electron chi connectivity index (χ1n) is 4.93. The van der Waals surface area contributed by atoms with Crippen molar-refractivity contribution < 1.29 is 9.53 Å². The van der Waals surface area contributed by atoms with Gasteiger partial charge in [0.2, 0.25) is 0 Å². The molecular weight excluding hydrogens is 194 g/mol. The quantitative estimate of drug-likeness (QED) is 0.663. The van der Waals surface area contributed by atoms with Crippen LogP contribution in [0, 0.1) is 0 Å². The van der Waals surface area contributed by atoms with Crippen LogP contribution in [0.15, 0.2) is 12.3 Å². The van der Waals surface area contributed by atoms with Crippen molar-refractivity contribution in [2.24, 2.45) is 0 Å². The Morgan fingerprint density at radius 3 is 3.07 bits per heavy atom. The number of nitrogens with one attached hydrogen (secondary N) is 2. The number of rotatable bonds is 2. The van der Waals surface area contributed by atoms with E-state index in [1.165, 1.54) is 0 Å². The number of H-pyrrole nitrogens is 1. The van der Waals surface area contributed by atoms with E-state index in [2.05, 4.69) is 10.3 Å². The van der Waals surface area contributed by atoms with Gasteiger partial charge in [0.15, 0.2) is 0 Å². The van der Waals surface area contributed by atoms with Gasteiger partial charge in [-0.05, 0) is 19.4 Å². The van der Waals surface area contributed by atoms with Crippen LogP contribution in [0.25, 0.3) is 0 Å². The summed E-state index contributed by atoms with van der Waals surface area (Å²) in [5.41, 5.74) is 6.32. The van der Waals surface area contributed by atoms with E-state index in [0.717, 1.165) is 6.42 Å². The van der Waals surface area contributed by atoms with Crippen molar-refractivity contribution >= 4 is 11.6 Å². The SMILES string of the molecule is CC1(NC(=O)c2cc(N)c[nH]2)CCOC1. The Morgan fingerprint density at radius 2 is 2.53 bits per heavy atom. The molecular formula is C10H15N3O2. The third kappa shape index (κ3) is 2.12. The van der Waals surface area contributed by atoms with Crippen LogP contribution in [0.1, 0.15) is 23.8 Å². The zero-order valence-corrected chi connectivity index (χ0v) is 8.67. The highest BCUT2D eigenvalue weighted by Crippen LogP contribution is 2.18. The predicted octanol–water partition coefficient (Wildman–Crippen LogP) is 0.506. The molecule has 0 spiro atoms. The Balaban J connectivity index is 2.03. The highest BCUT2D eigenvalue weighted by atomic mass is 16.5. The lowest BCUT2D eigenvalue weighted by Crippen LogP contribution is -2.46. The highest BCUT2D eigenvalue weighted by Gasteiger charge is 2.31. The molecule has 2 heterocycles. The molecule has 1 aromatic heterocycles. The van der Waals surface area contributed by atoms with Gasteiger partial charge in [0.1, 0.15) is 5.69 Å². The van der Waals surface area contributed by atoms with Gasteiger partial charge in [-0.1, -0.05) is 0 Å². The summed E-state index contributed by atoms with van der Waals surface area (Å²) in [4.78, 5) is 14.6. The molecule has 5 heteroatoms. The monoisotopic (exact) mass is 209 g/mol. The first-order chi connectivity index (χ1) is 7.09. The first-order valence-corrected chi connectivity index (χ1v) is 4.93. The number of amides is 1. The molecule has 1 saturated heterocycles. The Bertz CT molecular complexity index is 366. The van der Waals surface area contributed by atoms with Crippen LogP contribution in [0.3, 0.4) is 0 Å². The fourth-order valence-corrected chi connectivity index (χ4v) is 1.65. The fourth-order valence-electron chi connectivity index (χ4n) is 1.65. The molecule has 1 atom stereocenters. The van der Waals surface area contributed by atoms with Crippen molar-refractivity contribution in [2.75, 3.05) is 18.9 Å². The zero-order chi connectivity index (χ0) is 10.9. The summed E-state index contributed by atoms with van der Waals surface area (Å²) < 4.78 is 5.25. The normalized spacial score (nSPS) is 25.4. The van der Waals surface area contributed by atoms with E-state index in [1.54, 1.807) is 12.3 Å². The second-order valence-corrected chi connectivity index (χ2v) is 4.16. The maximum Gasteiger partial charge on any atom is 0.268 e. The average Bonchev–Trinajstić information content (AvgIpc) is 2.75. The second kappa shape index (κ2) is 3.58. The molecule has 2 rings (SSSR count). The fraction of sp³-hybridized carbons (Fsp3) is 0.500. The molecule has 5 nitrogen and oxygen atoms in total. The van der Waals surface area contributed by atoms with E-state index in [0.29, 0.717) is 24.6 Å². The molecule has 1 aromatic rings. The molecule has 15 heavy (non-hydrogen) atoms. The van der Waals surface area contributed by atoms with Gasteiger partial charge in [0, 0.05) is 18.5 Å². The van der Waals surface area contributed by atoms with Crippen molar-refractivity contribution in [1.82, 2.24) is 10.3 Å². The Labute approximate surface area is 88.0 Å². The Kier molecular flexibility index (Phi) is 2.40. The minimum Gasteiger partial charge on any atom is -0.397 e. The van der Waals surface area contributed by atoms with Crippen LogP contribution in [0.4, 0.5) is 5.69 Å². The lowest BCUT2D eigenvalue weighted by molar-refractivity contribution is 0.0885. The summed E-state index contributed by atoms with van der Waals surface area (Å²) >= 11 is 0. The minimum absolute atomic E-state index is 0.139. The number of hydrogen-bond donors (Lipinski definition) is 3. The van der Waals surface area contributed by atoms with Crippen molar-refractivity contribution in [2.45, 2.75) is 18.9 Å². The molecule has 1 fully saturated rings. The summed E-state index contributed by atoms with van der Waals surface area (Å²) in [7, 11) is 0. The third-order valence-corrected chi connectivity index (χ3v) is 2.58. The van der Waals surface area contributed by atoms with Gasteiger partial charge in [-0.15, -0.1) is 0 Å². The maximum atomic E-state index is 11.8. The van der Waals surface area contributed by atoms with E-state index in [9.17, 15) is 4.79 Å². The molecule has 0 radical (unpaired) electrons. The van der Waals surface area contributed by atoms with E-state index in [-0.39, 0.29) is 11.4 Å². The van der Waals surface area contributed by atoms with Crippen LogP contribution >= 0.6 is 0 Å². The lowest BCUT2D eigenvalue weighted by Gasteiger charge is -2.22. The second-order valence-electron chi connectivity index (χ2n) is 4.16. The van der Waals surface area contributed by atoms with Gasteiger partial charge in [0.25, 0.3) is 5.91 Å². The third-order valence-electron chi connectivity index (χ3n) is 2.58. The van der Waals surface area contributed by atoms with Crippen LogP contribution in [-0.4, -0.2) is 29.6 Å². The standard InChI is InChI=1S/C10H15N3O2/c1-10(2-3-15-6-10)13-9(14)8-4-7(11)5-12-8/h4-5,12H,2-3,6,11H2,1H3,(H,13,14). The molecule has 1 amide bonds. The number of aromatic nitrogens is 1. The number of carbonyl (C=O) groups excluding carboxylic acids is 1. The first kappa shape index (κ1) is 10.0. The van der Waals surface area contributed by atoms with Crippen molar-refractivity contribution in [3.05, 3.63) is 18.0 Å². The average molecular weight is 209 g/mol. The number of nitrogens with two attached hydrogens (primary N) is 1. The van der Waals surface area contributed by atoms with Gasteiger partial charge in [0.05, 0.1) is 12.1 Å². The van der Waals surface area contributed by atoms with Crippen LogP contribution in [0.5, 0.6) is 0 Å². The highest BCUT2D eigenvalue weighted by molar-refractivity contribution is 5.93.